The van der Waals surface area contributed by atoms with E-state index in [0.29, 0.717) is 6.54 Å². The van der Waals surface area contributed by atoms with Crippen LogP contribution in [0, 0.1) is 5.41 Å². The van der Waals surface area contributed by atoms with Gasteiger partial charge in [-0.25, -0.2) is 4.79 Å². The molecule has 2 heterocycles. The van der Waals surface area contributed by atoms with Gasteiger partial charge in [-0.3, -0.25) is 15.3 Å². The van der Waals surface area contributed by atoms with Crippen molar-refractivity contribution in [2.45, 2.75) is 52.4 Å². The second-order valence-corrected chi connectivity index (χ2v) is 9.31. The normalized spacial score (nSPS) is 20.5. The average Bonchev–Trinajstić information content (AvgIpc) is 3.31. The van der Waals surface area contributed by atoms with Gasteiger partial charge in [0.05, 0.1) is 12.2 Å². The Morgan fingerprint density at radius 3 is 2.28 bits per heavy atom. The molecule has 5 nitrogen and oxygen atoms in total. The van der Waals surface area contributed by atoms with Gasteiger partial charge in [0.15, 0.2) is 0 Å². The quantitative estimate of drug-likeness (QED) is 0.777. The first kappa shape index (κ1) is 18.1. The number of rotatable bonds is 1. The Labute approximate surface area is 172 Å². The molecule has 5 rings (SSSR count). The fraction of sp³-hybridized carbons (Fsp3) is 0.375. The third-order valence-electron chi connectivity index (χ3n) is 6.18. The molecule has 2 N–H and O–H groups in total. The first-order chi connectivity index (χ1) is 13.9. The zero-order valence-corrected chi connectivity index (χ0v) is 17.3. The summed E-state index contributed by atoms with van der Waals surface area (Å²) in [5.41, 5.74) is 9.68. The second-order valence-electron chi connectivity index (χ2n) is 9.31. The number of nitrogens with one attached hydrogen (secondary N) is 2. The molecule has 1 atom stereocenters. The highest BCUT2D eigenvalue weighted by Gasteiger charge is 2.40. The van der Waals surface area contributed by atoms with Crippen LogP contribution < -0.4 is 15.8 Å². The van der Waals surface area contributed by atoms with Gasteiger partial charge in [-0.15, -0.1) is 0 Å². The van der Waals surface area contributed by atoms with Crippen molar-refractivity contribution in [3.05, 3.63) is 77.0 Å². The van der Waals surface area contributed by atoms with Crippen molar-refractivity contribution in [3.63, 3.8) is 0 Å². The van der Waals surface area contributed by atoms with Crippen LogP contribution in [0.3, 0.4) is 0 Å². The fourth-order valence-corrected chi connectivity index (χ4v) is 4.57. The van der Waals surface area contributed by atoms with Gasteiger partial charge in [-0.05, 0) is 41.7 Å². The molecule has 0 bridgehead atoms. The van der Waals surface area contributed by atoms with Crippen molar-refractivity contribution in [1.82, 2.24) is 15.6 Å². The van der Waals surface area contributed by atoms with Gasteiger partial charge in [-0.1, -0.05) is 63.2 Å². The van der Waals surface area contributed by atoms with E-state index in [4.69, 9.17) is 0 Å². The molecule has 0 aromatic heterocycles. The number of hydrogen-bond acceptors (Lipinski definition) is 3. The molecular formula is C24H28N4O. The Morgan fingerprint density at radius 1 is 1.00 bits per heavy atom. The van der Waals surface area contributed by atoms with E-state index < -0.39 is 0 Å². The van der Waals surface area contributed by atoms with E-state index >= 15 is 0 Å². The molecule has 2 aromatic rings. The van der Waals surface area contributed by atoms with Crippen LogP contribution in [0.4, 0.5) is 10.5 Å². The lowest BCUT2D eigenvalue weighted by Crippen LogP contribution is -2.58. The molecule has 5 heteroatoms. The smallest absolute Gasteiger partial charge is 0.319 e. The van der Waals surface area contributed by atoms with Crippen LogP contribution in [0.15, 0.2) is 60.3 Å². The molecule has 3 aliphatic rings. The van der Waals surface area contributed by atoms with Gasteiger partial charge in [0.1, 0.15) is 6.17 Å². The molecule has 29 heavy (non-hydrogen) atoms. The summed E-state index contributed by atoms with van der Waals surface area (Å²) in [6.07, 6.45) is 3.88. The molecule has 0 saturated heterocycles. The van der Waals surface area contributed by atoms with Crippen LogP contribution >= 0.6 is 0 Å². The monoisotopic (exact) mass is 388 g/mol. The summed E-state index contributed by atoms with van der Waals surface area (Å²) in [4.78, 5) is 15.3. The van der Waals surface area contributed by atoms with Gasteiger partial charge in [-0.2, -0.15) is 0 Å². The van der Waals surface area contributed by atoms with Crippen LogP contribution in [0.2, 0.25) is 0 Å². The SMILES string of the molecule is CC(C)(C)C1=CC2N(C(=O)NC3Cc4ccccc4C3)Cc3ccccc3N2N1. The number of carbonyl (C=O) groups is 1. The topological polar surface area (TPSA) is 47.6 Å². The molecule has 0 saturated carbocycles. The molecule has 0 spiro atoms. The largest absolute Gasteiger partial charge is 0.335 e. The van der Waals surface area contributed by atoms with Crippen molar-refractivity contribution in [2.75, 3.05) is 5.01 Å². The maximum atomic E-state index is 13.3. The van der Waals surface area contributed by atoms with Gasteiger partial charge in [0, 0.05) is 17.2 Å². The predicted molar refractivity (Wildman–Crippen MR) is 115 cm³/mol. The molecule has 2 amide bonds. The Bertz CT molecular complexity index is 965. The van der Waals surface area contributed by atoms with Crippen molar-refractivity contribution < 1.29 is 4.79 Å². The van der Waals surface area contributed by atoms with Gasteiger partial charge < -0.3 is 5.32 Å². The van der Waals surface area contributed by atoms with E-state index in [2.05, 4.69) is 85.1 Å². The molecule has 2 aromatic carbocycles. The highest BCUT2D eigenvalue weighted by molar-refractivity contribution is 5.78. The lowest BCUT2D eigenvalue weighted by atomic mass is 9.92. The van der Waals surface area contributed by atoms with Crippen molar-refractivity contribution in [2.24, 2.45) is 5.41 Å². The number of fused-ring (bicyclic) bond motifs is 4. The molecule has 1 aliphatic carbocycles. The first-order valence-corrected chi connectivity index (χ1v) is 10.4. The molecule has 2 aliphatic heterocycles. The summed E-state index contributed by atoms with van der Waals surface area (Å²) < 4.78 is 0. The highest BCUT2D eigenvalue weighted by atomic mass is 16.2. The number of amides is 2. The maximum Gasteiger partial charge on any atom is 0.319 e. The van der Waals surface area contributed by atoms with E-state index in [0.717, 1.165) is 29.8 Å². The van der Waals surface area contributed by atoms with Crippen molar-refractivity contribution >= 4 is 11.7 Å². The molecule has 0 radical (unpaired) electrons. The number of anilines is 1. The minimum Gasteiger partial charge on any atom is -0.335 e. The third-order valence-corrected chi connectivity index (χ3v) is 6.18. The summed E-state index contributed by atoms with van der Waals surface area (Å²) in [5, 5.41) is 5.42. The highest BCUT2D eigenvalue weighted by Crippen LogP contribution is 2.37. The number of hydrazine groups is 1. The number of hydrogen-bond donors (Lipinski definition) is 2. The zero-order valence-electron chi connectivity index (χ0n) is 17.3. The average molecular weight is 389 g/mol. The maximum absolute atomic E-state index is 13.3. The minimum absolute atomic E-state index is 0.000480. The van der Waals surface area contributed by atoms with E-state index in [-0.39, 0.29) is 23.7 Å². The number of nitrogens with zero attached hydrogens (tertiary/aromatic N) is 2. The Hall–Kier alpha value is -2.95. The van der Waals surface area contributed by atoms with Crippen LogP contribution in [0.1, 0.15) is 37.5 Å². The van der Waals surface area contributed by atoms with E-state index in [1.807, 2.05) is 11.0 Å². The fourth-order valence-electron chi connectivity index (χ4n) is 4.57. The minimum atomic E-state index is -0.122. The van der Waals surface area contributed by atoms with E-state index in [1.54, 1.807) is 0 Å². The molecular weight excluding hydrogens is 360 g/mol. The van der Waals surface area contributed by atoms with E-state index in [1.165, 1.54) is 11.1 Å². The summed E-state index contributed by atoms with van der Waals surface area (Å²) in [7, 11) is 0. The molecule has 1 unspecified atom stereocenters. The van der Waals surface area contributed by atoms with Crippen LogP contribution in [-0.4, -0.2) is 23.1 Å². The third kappa shape index (κ3) is 3.15. The lowest BCUT2D eigenvalue weighted by molar-refractivity contribution is 0.172. The summed E-state index contributed by atoms with van der Waals surface area (Å²) in [6.45, 7) is 7.18. The summed E-state index contributed by atoms with van der Waals surface area (Å²) in [6, 6.07) is 17.0. The van der Waals surface area contributed by atoms with Crippen molar-refractivity contribution in [3.8, 4) is 0 Å². The zero-order chi connectivity index (χ0) is 20.2. The summed E-state index contributed by atoms with van der Waals surface area (Å²) >= 11 is 0. The number of urea groups is 1. The van der Waals surface area contributed by atoms with Crippen LogP contribution in [0.25, 0.3) is 0 Å². The number of para-hydroxylation sites is 1. The Balaban J connectivity index is 1.40. The number of carbonyl (C=O) groups excluding carboxylic acids is 1. The summed E-state index contributed by atoms with van der Waals surface area (Å²) in [5.74, 6) is 0. The van der Waals surface area contributed by atoms with E-state index in [9.17, 15) is 4.79 Å². The molecule has 0 fully saturated rings. The Kier molecular flexibility index (Phi) is 4.09. The number of allylic oxidation sites excluding steroid dienone is 1. The first-order valence-electron chi connectivity index (χ1n) is 10.4. The lowest BCUT2D eigenvalue weighted by Gasteiger charge is -2.41. The van der Waals surface area contributed by atoms with Gasteiger partial charge in [0.25, 0.3) is 0 Å². The second kappa shape index (κ2) is 6.55. The van der Waals surface area contributed by atoms with Crippen LogP contribution in [0.5, 0.6) is 0 Å². The van der Waals surface area contributed by atoms with Crippen molar-refractivity contribution in [1.29, 1.82) is 0 Å². The standard InChI is InChI=1S/C24H28N4O/c1-24(2,3)21-14-22-27(15-18-10-6-7-11-20(18)28(22)26-21)23(29)25-19-12-16-8-4-5-9-17(16)13-19/h4-11,14,19,22,26H,12-13,15H2,1-3H3,(H,25,29). The predicted octanol–water partition coefficient (Wildman–Crippen LogP) is 3.96. The van der Waals surface area contributed by atoms with Crippen LogP contribution in [-0.2, 0) is 19.4 Å². The number of benzene rings is 2. The van der Waals surface area contributed by atoms with Gasteiger partial charge in [0.2, 0.25) is 0 Å². The Morgan fingerprint density at radius 2 is 1.62 bits per heavy atom. The van der Waals surface area contributed by atoms with Gasteiger partial charge >= 0.3 is 6.03 Å². The molecule has 150 valence electrons.